The summed E-state index contributed by atoms with van der Waals surface area (Å²) < 4.78 is 36.0. The molecule has 1 heterocycles. The third kappa shape index (κ3) is 9.06. The maximum atomic E-state index is 13.1. The van der Waals surface area contributed by atoms with Crippen molar-refractivity contribution < 1.29 is 12.8 Å². The minimum absolute atomic E-state index is 0. The van der Waals surface area contributed by atoms with Crippen LogP contribution in [0.3, 0.4) is 0 Å². The number of piperazine rings is 1. The van der Waals surface area contributed by atoms with Crippen molar-refractivity contribution >= 4 is 45.5 Å². The van der Waals surface area contributed by atoms with Gasteiger partial charge < -0.3 is 15.1 Å². The first-order valence-corrected chi connectivity index (χ1v) is 11.9. The topological polar surface area (TPSA) is 65.0 Å². The molecule has 1 aromatic carbocycles. The Morgan fingerprint density at radius 2 is 1.76 bits per heavy atom. The molecule has 6 nitrogen and oxygen atoms in total. The third-order valence-corrected chi connectivity index (χ3v) is 5.86. The van der Waals surface area contributed by atoms with Crippen LogP contribution in [0, 0.1) is 11.2 Å². The summed E-state index contributed by atoms with van der Waals surface area (Å²) in [6.07, 6.45) is 1.87. The van der Waals surface area contributed by atoms with Crippen LogP contribution in [-0.2, 0) is 9.84 Å². The number of halogens is 2. The molecule has 0 unspecified atom stereocenters. The molecule has 2 rings (SSSR count). The van der Waals surface area contributed by atoms with Gasteiger partial charge in [0, 0.05) is 51.2 Å². The van der Waals surface area contributed by atoms with Gasteiger partial charge in [-0.25, -0.2) is 12.8 Å². The number of anilines is 1. The number of guanidine groups is 1. The van der Waals surface area contributed by atoms with Crippen molar-refractivity contribution in [1.82, 2.24) is 10.2 Å². The van der Waals surface area contributed by atoms with Crippen LogP contribution in [0.5, 0.6) is 0 Å². The third-order valence-electron chi connectivity index (χ3n) is 4.91. The van der Waals surface area contributed by atoms with E-state index in [1.165, 1.54) is 18.4 Å². The monoisotopic (exact) mass is 540 g/mol. The van der Waals surface area contributed by atoms with Crippen molar-refractivity contribution in [3.63, 3.8) is 0 Å². The maximum Gasteiger partial charge on any atom is 0.194 e. The second-order valence-electron chi connectivity index (χ2n) is 8.16. The van der Waals surface area contributed by atoms with Gasteiger partial charge in [0.1, 0.15) is 15.7 Å². The summed E-state index contributed by atoms with van der Waals surface area (Å²) in [5.74, 6) is 0.832. The second-order valence-corrected chi connectivity index (χ2v) is 10.4. The average Bonchev–Trinajstić information content (AvgIpc) is 2.64. The standard InChI is InChI=1S/C20H33FN4O2S.HI/c1-5-22-19(23-16-20(2,3)10-15-28(4,26)27)25-13-11-24(12-14-25)18-8-6-17(21)7-9-18;/h6-9H,5,10-16H2,1-4H3,(H,22,23);1H. The molecule has 1 aromatic rings. The first-order chi connectivity index (χ1) is 13.1. The fourth-order valence-corrected chi connectivity index (χ4v) is 4.01. The first-order valence-electron chi connectivity index (χ1n) is 9.81. The zero-order valence-corrected chi connectivity index (χ0v) is 21.0. The Bertz CT molecular complexity index is 761. The zero-order valence-electron chi connectivity index (χ0n) is 17.8. The molecule has 1 aliphatic heterocycles. The van der Waals surface area contributed by atoms with Crippen molar-refractivity contribution in [3.8, 4) is 0 Å². The summed E-state index contributed by atoms with van der Waals surface area (Å²) in [4.78, 5) is 9.27. The highest BCUT2D eigenvalue weighted by Crippen LogP contribution is 2.22. The Hall–Kier alpha value is -1.10. The van der Waals surface area contributed by atoms with E-state index in [4.69, 9.17) is 4.99 Å². The van der Waals surface area contributed by atoms with Crippen LogP contribution in [0.4, 0.5) is 10.1 Å². The summed E-state index contributed by atoms with van der Waals surface area (Å²) >= 11 is 0. The second kappa shape index (κ2) is 11.3. The molecule has 29 heavy (non-hydrogen) atoms. The lowest BCUT2D eigenvalue weighted by Gasteiger charge is -2.38. The Morgan fingerprint density at radius 1 is 1.17 bits per heavy atom. The average molecular weight is 540 g/mol. The van der Waals surface area contributed by atoms with E-state index < -0.39 is 9.84 Å². The number of benzene rings is 1. The van der Waals surface area contributed by atoms with Crippen molar-refractivity contribution in [1.29, 1.82) is 0 Å². The van der Waals surface area contributed by atoms with E-state index in [9.17, 15) is 12.8 Å². The smallest absolute Gasteiger partial charge is 0.194 e. The number of sulfone groups is 1. The van der Waals surface area contributed by atoms with Gasteiger partial charge in [-0.3, -0.25) is 4.99 Å². The minimum Gasteiger partial charge on any atom is -0.368 e. The number of nitrogens with one attached hydrogen (secondary N) is 1. The van der Waals surface area contributed by atoms with E-state index >= 15 is 0 Å². The largest absolute Gasteiger partial charge is 0.368 e. The van der Waals surface area contributed by atoms with Gasteiger partial charge in [0.2, 0.25) is 0 Å². The zero-order chi connectivity index (χ0) is 20.8. The van der Waals surface area contributed by atoms with Gasteiger partial charge in [-0.05, 0) is 43.0 Å². The van der Waals surface area contributed by atoms with Crippen LogP contribution in [0.2, 0.25) is 0 Å². The molecule has 0 bridgehead atoms. The van der Waals surface area contributed by atoms with Gasteiger partial charge in [0.15, 0.2) is 5.96 Å². The van der Waals surface area contributed by atoms with E-state index in [1.807, 2.05) is 19.1 Å². The van der Waals surface area contributed by atoms with E-state index in [0.29, 0.717) is 13.0 Å². The van der Waals surface area contributed by atoms with E-state index in [0.717, 1.165) is 44.4 Å². The molecule has 0 saturated carbocycles. The minimum atomic E-state index is -2.97. The lowest BCUT2D eigenvalue weighted by atomic mass is 9.90. The van der Waals surface area contributed by atoms with Crippen molar-refractivity contribution in [2.24, 2.45) is 10.4 Å². The molecule has 0 aromatic heterocycles. The van der Waals surface area contributed by atoms with Crippen molar-refractivity contribution in [3.05, 3.63) is 30.1 Å². The lowest BCUT2D eigenvalue weighted by molar-refractivity contribution is 0.348. The SMILES string of the molecule is CCNC(=NCC(C)(C)CCS(C)(=O)=O)N1CCN(c2ccc(F)cc2)CC1.I. The van der Waals surface area contributed by atoms with Gasteiger partial charge in [-0.1, -0.05) is 13.8 Å². The molecule has 0 amide bonds. The molecule has 9 heteroatoms. The summed E-state index contributed by atoms with van der Waals surface area (Å²) in [5, 5.41) is 3.35. The molecule has 0 aliphatic carbocycles. The fourth-order valence-electron chi connectivity index (χ4n) is 3.08. The maximum absolute atomic E-state index is 13.1. The van der Waals surface area contributed by atoms with Gasteiger partial charge in [-0.2, -0.15) is 0 Å². The molecule has 1 saturated heterocycles. The van der Waals surface area contributed by atoms with E-state index in [2.05, 4.69) is 29.0 Å². The molecule has 1 aliphatic rings. The number of nitrogens with zero attached hydrogens (tertiary/aromatic N) is 3. The predicted molar refractivity (Wildman–Crippen MR) is 130 cm³/mol. The Labute approximate surface area is 191 Å². The molecule has 0 spiro atoms. The summed E-state index contributed by atoms with van der Waals surface area (Å²) in [7, 11) is -2.97. The highest BCUT2D eigenvalue weighted by molar-refractivity contribution is 14.0. The van der Waals surface area contributed by atoms with Gasteiger partial charge >= 0.3 is 0 Å². The van der Waals surface area contributed by atoms with Crippen LogP contribution in [0.15, 0.2) is 29.3 Å². The van der Waals surface area contributed by atoms with E-state index in [-0.39, 0.29) is 41.0 Å². The van der Waals surface area contributed by atoms with Gasteiger partial charge in [-0.15, -0.1) is 24.0 Å². The van der Waals surface area contributed by atoms with Crippen LogP contribution in [-0.4, -0.2) is 70.6 Å². The van der Waals surface area contributed by atoms with Crippen molar-refractivity contribution in [2.75, 3.05) is 56.2 Å². The van der Waals surface area contributed by atoms with Crippen LogP contribution < -0.4 is 10.2 Å². The van der Waals surface area contributed by atoms with Gasteiger partial charge in [0.05, 0.1) is 5.75 Å². The quantitative estimate of drug-likeness (QED) is 0.328. The Morgan fingerprint density at radius 3 is 2.28 bits per heavy atom. The molecule has 166 valence electrons. The summed E-state index contributed by atoms with van der Waals surface area (Å²) in [6.45, 7) is 10.8. The normalized spacial score (nSPS) is 15.8. The first kappa shape index (κ1) is 25.9. The predicted octanol–water partition coefficient (Wildman–Crippen LogP) is 2.99. The summed E-state index contributed by atoms with van der Waals surface area (Å²) in [6, 6.07) is 6.61. The van der Waals surface area contributed by atoms with E-state index in [1.54, 1.807) is 0 Å². The lowest BCUT2D eigenvalue weighted by Crippen LogP contribution is -2.52. The number of rotatable bonds is 7. The Kier molecular flexibility index (Phi) is 10.1. The molecular weight excluding hydrogens is 506 g/mol. The van der Waals surface area contributed by atoms with Crippen LogP contribution >= 0.6 is 24.0 Å². The highest BCUT2D eigenvalue weighted by Gasteiger charge is 2.23. The molecule has 0 radical (unpaired) electrons. The molecule has 1 N–H and O–H groups in total. The number of hydrogen-bond donors (Lipinski definition) is 1. The molecule has 0 atom stereocenters. The number of hydrogen-bond acceptors (Lipinski definition) is 4. The highest BCUT2D eigenvalue weighted by atomic mass is 127. The Balaban J connectivity index is 0.00000420. The van der Waals surface area contributed by atoms with Gasteiger partial charge in [0.25, 0.3) is 0 Å². The van der Waals surface area contributed by atoms with Crippen LogP contribution in [0.1, 0.15) is 27.2 Å². The summed E-state index contributed by atoms with van der Waals surface area (Å²) in [5.41, 5.74) is 0.851. The molecule has 1 fully saturated rings. The number of aliphatic imine (C=N–C) groups is 1. The fraction of sp³-hybridized carbons (Fsp3) is 0.650. The van der Waals surface area contributed by atoms with Crippen LogP contribution in [0.25, 0.3) is 0 Å². The van der Waals surface area contributed by atoms with Crippen molar-refractivity contribution in [2.45, 2.75) is 27.2 Å². The molecular formula is C20H34FIN4O2S.